The molecule has 4 heteroatoms. The largest absolute Gasteiger partial charge is 0.385 e. The van der Waals surface area contributed by atoms with Gasteiger partial charge in [0.25, 0.3) is 0 Å². The number of rotatable bonds is 5. The van der Waals surface area contributed by atoms with Gasteiger partial charge >= 0.3 is 0 Å². The number of nitrogens with zero attached hydrogens (tertiary/aromatic N) is 3. The van der Waals surface area contributed by atoms with Crippen LogP contribution in [0.1, 0.15) is 11.6 Å². The Balaban J connectivity index is 1.72. The standard InChI is InChI=1S/C17H18N4/c1-14-19-20-17(21(14)16-10-6-3-7-11-16)12-13-18-15-8-4-2-5-9-15/h2-11,18H,12-13H2,1H3. The fourth-order valence-electron chi connectivity index (χ4n) is 2.36. The molecular weight excluding hydrogens is 260 g/mol. The number of para-hydroxylation sites is 2. The molecule has 0 amide bonds. The van der Waals surface area contributed by atoms with Gasteiger partial charge in [0.05, 0.1) is 0 Å². The maximum Gasteiger partial charge on any atom is 0.139 e. The monoisotopic (exact) mass is 278 g/mol. The minimum absolute atomic E-state index is 0.824. The zero-order valence-corrected chi connectivity index (χ0v) is 12.0. The highest BCUT2D eigenvalue weighted by atomic mass is 15.3. The number of hydrogen-bond acceptors (Lipinski definition) is 3. The van der Waals surface area contributed by atoms with E-state index in [1.165, 1.54) is 0 Å². The Hall–Kier alpha value is -2.62. The second kappa shape index (κ2) is 6.22. The minimum Gasteiger partial charge on any atom is -0.385 e. The van der Waals surface area contributed by atoms with Crippen LogP contribution in [0.5, 0.6) is 0 Å². The van der Waals surface area contributed by atoms with Crippen LogP contribution in [0.2, 0.25) is 0 Å². The molecule has 2 aromatic carbocycles. The van der Waals surface area contributed by atoms with Gasteiger partial charge in [-0.25, -0.2) is 0 Å². The van der Waals surface area contributed by atoms with Crippen molar-refractivity contribution in [3.05, 3.63) is 72.3 Å². The average molecular weight is 278 g/mol. The Morgan fingerprint density at radius 2 is 1.57 bits per heavy atom. The molecule has 0 saturated heterocycles. The first-order valence-corrected chi connectivity index (χ1v) is 7.10. The highest BCUT2D eigenvalue weighted by Gasteiger charge is 2.09. The molecule has 0 aliphatic rings. The summed E-state index contributed by atoms with van der Waals surface area (Å²) in [5.41, 5.74) is 2.23. The van der Waals surface area contributed by atoms with E-state index in [0.29, 0.717) is 0 Å². The quantitative estimate of drug-likeness (QED) is 0.779. The van der Waals surface area contributed by atoms with Crippen LogP contribution in [0.4, 0.5) is 5.69 Å². The lowest BCUT2D eigenvalue weighted by Gasteiger charge is -2.09. The lowest BCUT2D eigenvalue weighted by Crippen LogP contribution is -2.10. The molecule has 106 valence electrons. The number of anilines is 1. The zero-order valence-electron chi connectivity index (χ0n) is 12.0. The predicted molar refractivity (Wildman–Crippen MR) is 84.7 cm³/mol. The van der Waals surface area contributed by atoms with Crippen LogP contribution in [-0.4, -0.2) is 21.3 Å². The minimum atomic E-state index is 0.824. The molecule has 0 atom stereocenters. The molecule has 0 fully saturated rings. The van der Waals surface area contributed by atoms with E-state index in [2.05, 4.69) is 44.3 Å². The molecule has 0 saturated carbocycles. The smallest absolute Gasteiger partial charge is 0.139 e. The Labute approximate surface area is 124 Å². The third kappa shape index (κ3) is 3.11. The second-order valence-corrected chi connectivity index (χ2v) is 4.88. The molecule has 3 aromatic rings. The SMILES string of the molecule is Cc1nnc(CCNc2ccccc2)n1-c1ccccc1. The molecule has 1 heterocycles. The summed E-state index contributed by atoms with van der Waals surface area (Å²) in [6.45, 7) is 2.81. The number of aromatic nitrogens is 3. The van der Waals surface area contributed by atoms with Crippen LogP contribution >= 0.6 is 0 Å². The number of nitrogens with one attached hydrogen (secondary N) is 1. The number of aryl methyl sites for hydroxylation is 1. The van der Waals surface area contributed by atoms with Gasteiger partial charge in [0.2, 0.25) is 0 Å². The summed E-state index contributed by atoms with van der Waals surface area (Å²) in [6.07, 6.45) is 0.824. The van der Waals surface area contributed by atoms with Crippen LogP contribution in [0.3, 0.4) is 0 Å². The van der Waals surface area contributed by atoms with E-state index < -0.39 is 0 Å². The summed E-state index contributed by atoms with van der Waals surface area (Å²) >= 11 is 0. The Morgan fingerprint density at radius 3 is 2.29 bits per heavy atom. The van der Waals surface area contributed by atoms with Gasteiger partial charge in [-0.05, 0) is 31.2 Å². The van der Waals surface area contributed by atoms with Gasteiger partial charge in [-0.15, -0.1) is 10.2 Å². The third-order valence-corrected chi connectivity index (χ3v) is 3.36. The van der Waals surface area contributed by atoms with Crippen molar-refractivity contribution in [2.24, 2.45) is 0 Å². The summed E-state index contributed by atoms with van der Waals surface area (Å²) in [5, 5.41) is 11.9. The highest BCUT2D eigenvalue weighted by Crippen LogP contribution is 2.13. The van der Waals surface area contributed by atoms with Crippen molar-refractivity contribution < 1.29 is 0 Å². The molecule has 0 radical (unpaired) electrons. The van der Waals surface area contributed by atoms with E-state index in [-0.39, 0.29) is 0 Å². The normalized spacial score (nSPS) is 10.5. The van der Waals surface area contributed by atoms with Crippen LogP contribution in [0.25, 0.3) is 5.69 Å². The summed E-state index contributed by atoms with van der Waals surface area (Å²) in [7, 11) is 0. The Bertz CT molecular complexity index is 689. The molecule has 0 aliphatic carbocycles. The van der Waals surface area contributed by atoms with Crippen molar-refractivity contribution in [3.8, 4) is 5.69 Å². The van der Waals surface area contributed by atoms with Gasteiger partial charge in [0.1, 0.15) is 11.6 Å². The van der Waals surface area contributed by atoms with E-state index in [4.69, 9.17) is 0 Å². The van der Waals surface area contributed by atoms with Gasteiger partial charge in [-0.3, -0.25) is 4.57 Å². The molecule has 0 spiro atoms. The summed E-state index contributed by atoms with van der Waals surface area (Å²) in [5.74, 6) is 1.89. The molecule has 0 bridgehead atoms. The van der Waals surface area contributed by atoms with Crippen LogP contribution in [-0.2, 0) is 6.42 Å². The predicted octanol–water partition coefficient (Wildman–Crippen LogP) is 3.23. The first-order chi connectivity index (χ1) is 10.3. The molecule has 1 N–H and O–H groups in total. The molecule has 0 unspecified atom stereocenters. The fraction of sp³-hybridized carbons (Fsp3) is 0.176. The maximum atomic E-state index is 4.30. The zero-order chi connectivity index (χ0) is 14.5. The van der Waals surface area contributed by atoms with Gasteiger partial charge < -0.3 is 5.32 Å². The molecule has 0 aliphatic heterocycles. The Morgan fingerprint density at radius 1 is 0.905 bits per heavy atom. The van der Waals surface area contributed by atoms with Gasteiger partial charge in [0.15, 0.2) is 0 Å². The Kier molecular flexibility index (Phi) is 3.96. The summed E-state index contributed by atoms with van der Waals surface area (Å²) in [6, 6.07) is 20.4. The lowest BCUT2D eigenvalue weighted by atomic mass is 10.3. The van der Waals surface area contributed by atoms with Crippen molar-refractivity contribution in [2.45, 2.75) is 13.3 Å². The van der Waals surface area contributed by atoms with E-state index in [0.717, 1.165) is 36.0 Å². The number of benzene rings is 2. The topological polar surface area (TPSA) is 42.7 Å². The first-order valence-electron chi connectivity index (χ1n) is 7.10. The van der Waals surface area contributed by atoms with E-state index in [9.17, 15) is 0 Å². The summed E-state index contributed by atoms with van der Waals surface area (Å²) < 4.78 is 2.10. The van der Waals surface area contributed by atoms with Crippen molar-refractivity contribution >= 4 is 5.69 Å². The van der Waals surface area contributed by atoms with Crippen LogP contribution in [0.15, 0.2) is 60.7 Å². The van der Waals surface area contributed by atoms with Crippen molar-refractivity contribution in [3.63, 3.8) is 0 Å². The van der Waals surface area contributed by atoms with E-state index >= 15 is 0 Å². The average Bonchev–Trinajstić information content (AvgIpc) is 2.90. The van der Waals surface area contributed by atoms with E-state index in [1.54, 1.807) is 0 Å². The summed E-state index contributed by atoms with van der Waals surface area (Å²) in [4.78, 5) is 0. The number of hydrogen-bond donors (Lipinski definition) is 1. The van der Waals surface area contributed by atoms with Gasteiger partial charge in [-0.2, -0.15) is 0 Å². The fourth-order valence-corrected chi connectivity index (χ4v) is 2.36. The molecule has 21 heavy (non-hydrogen) atoms. The molecular formula is C17H18N4. The highest BCUT2D eigenvalue weighted by molar-refractivity contribution is 5.42. The first kappa shape index (κ1) is 13.4. The van der Waals surface area contributed by atoms with Gasteiger partial charge in [-0.1, -0.05) is 36.4 Å². The maximum absolute atomic E-state index is 4.30. The third-order valence-electron chi connectivity index (χ3n) is 3.36. The molecule has 4 nitrogen and oxygen atoms in total. The van der Waals surface area contributed by atoms with Gasteiger partial charge in [0, 0.05) is 24.3 Å². The molecule has 1 aromatic heterocycles. The molecule has 3 rings (SSSR count). The second-order valence-electron chi connectivity index (χ2n) is 4.88. The lowest BCUT2D eigenvalue weighted by molar-refractivity contribution is 0.842. The van der Waals surface area contributed by atoms with Crippen LogP contribution < -0.4 is 5.32 Å². The van der Waals surface area contributed by atoms with Crippen LogP contribution in [0, 0.1) is 6.92 Å². The van der Waals surface area contributed by atoms with Crippen molar-refractivity contribution in [2.75, 3.05) is 11.9 Å². The van der Waals surface area contributed by atoms with E-state index in [1.807, 2.05) is 43.3 Å². The van der Waals surface area contributed by atoms with Crippen molar-refractivity contribution in [1.82, 2.24) is 14.8 Å². The van der Waals surface area contributed by atoms with Crippen molar-refractivity contribution in [1.29, 1.82) is 0 Å².